The predicted octanol–water partition coefficient (Wildman–Crippen LogP) is 0.547. The van der Waals surface area contributed by atoms with Crippen molar-refractivity contribution in [2.75, 3.05) is 13.1 Å². The van der Waals surface area contributed by atoms with Gasteiger partial charge in [0, 0.05) is 26.3 Å². The van der Waals surface area contributed by atoms with E-state index >= 15 is 0 Å². The van der Waals surface area contributed by atoms with Gasteiger partial charge in [-0.1, -0.05) is 41.0 Å². The molecule has 0 spiro atoms. The predicted molar refractivity (Wildman–Crippen MR) is 230 cm³/mol. The molecule has 0 aromatic carbocycles. The third-order valence-electron chi connectivity index (χ3n) is 9.59. The summed E-state index contributed by atoms with van der Waals surface area (Å²) in [6.45, 7) is 18.8. The van der Waals surface area contributed by atoms with Crippen molar-refractivity contribution in [2.45, 2.75) is 182 Å². The van der Waals surface area contributed by atoms with Gasteiger partial charge in [0.25, 0.3) is 5.91 Å². The van der Waals surface area contributed by atoms with E-state index in [9.17, 15) is 52.7 Å². The standard InChI is InChI=1S/C43H71N7O14/c1-13-15-26(35(56)40(61)44-22-30(52)53)46-38(59)29-16-14-21-50(29)41(62)34(24(4)5)49-39(60)33(23(2)3)48-37(58)28(18-20-32(55)64-43(10,11)12)47-36(57)27(45-25(6)51)17-19-31(54)63-42(7,8)9/h23-24,26-29,33-34H,13-22H2,1-12H3,(H,44,61)(H,45,51)(H,46,59)(H,47,57)(H,48,58)(H,49,60)(H,52,53). The number of nitrogens with one attached hydrogen (secondary N) is 6. The maximum absolute atomic E-state index is 14.1. The number of amides is 7. The second-order valence-electron chi connectivity index (χ2n) is 18.5. The first-order chi connectivity index (χ1) is 29.5. The van der Waals surface area contributed by atoms with Crippen molar-refractivity contribution in [3.8, 4) is 0 Å². The molecule has 1 aliphatic heterocycles. The molecule has 0 aliphatic carbocycles. The lowest BCUT2D eigenvalue weighted by atomic mass is 9.98. The van der Waals surface area contributed by atoms with Crippen molar-refractivity contribution >= 4 is 65.0 Å². The Labute approximate surface area is 375 Å². The zero-order valence-corrected chi connectivity index (χ0v) is 39.4. The Kier molecular flexibility index (Phi) is 22.6. The maximum Gasteiger partial charge on any atom is 0.322 e. The zero-order chi connectivity index (χ0) is 49.3. The molecular formula is C43H71N7O14. The van der Waals surface area contributed by atoms with Gasteiger partial charge in [0.05, 0.1) is 6.04 Å². The number of ketones is 1. The van der Waals surface area contributed by atoms with Crippen LogP contribution in [0.3, 0.4) is 0 Å². The summed E-state index contributed by atoms with van der Waals surface area (Å²) in [5, 5.41) is 23.8. The number of carbonyl (C=O) groups excluding carboxylic acids is 10. The summed E-state index contributed by atoms with van der Waals surface area (Å²) in [5.74, 6) is -10.5. The van der Waals surface area contributed by atoms with Gasteiger partial charge in [-0.25, -0.2) is 0 Å². The van der Waals surface area contributed by atoms with Gasteiger partial charge < -0.3 is 51.4 Å². The van der Waals surface area contributed by atoms with Crippen LogP contribution < -0.4 is 31.9 Å². The molecule has 6 atom stereocenters. The van der Waals surface area contributed by atoms with Crippen LogP contribution in [0.15, 0.2) is 0 Å². The summed E-state index contributed by atoms with van der Waals surface area (Å²) < 4.78 is 10.7. The van der Waals surface area contributed by atoms with E-state index < -0.39 is 131 Å². The molecule has 64 heavy (non-hydrogen) atoms. The Hall–Kier alpha value is -5.63. The molecule has 21 heteroatoms. The molecule has 1 saturated heterocycles. The first-order valence-corrected chi connectivity index (χ1v) is 21.7. The summed E-state index contributed by atoms with van der Waals surface area (Å²) in [6.07, 6.45) is -0.0164. The number of aliphatic carboxylic acids is 1. The molecule has 362 valence electrons. The lowest BCUT2D eigenvalue weighted by Crippen LogP contribution is -2.61. The van der Waals surface area contributed by atoms with Crippen molar-refractivity contribution in [2.24, 2.45) is 11.8 Å². The number of Topliss-reactive ketones (excluding diaryl/α,β-unsaturated/α-hetero) is 1. The van der Waals surface area contributed by atoms with E-state index in [4.69, 9.17) is 14.6 Å². The fourth-order valence-corrected chi connectivity index (χ4v) is 6.62. The van der Waals surface area contributed by atoms with Gasteiger partial charge in [0.1, 0.15) is 48.0 Å². The number of rotatable bonds is 24. The van der Waals surface area contributed by atoms with Gasteiger partial charge in [-0.05, 0) is 85.5 Å². The average Bonchev–Trinajstić information content (AvgIpc) is 3.66. The first kappa shape index (κ1) is 56.4. The molecule has 0 aromatic rings. The SMILES string of the molecule is CCCC(NC(=O)C1CCCN1C(=O)C(NC(=O)C(NC(=O)C(CCC(=O)OC(C)(C)C)NC(=O)C(CCC(=O)OC(C)(C)C)NC(C)=O)C(C)C)C(C)C)C(=O)C(=O)NCC(=O)O. The Morgan fingerprint density at radius 2 is 1.14 bits per heavy atom. The molecule has 1 rings (SSSR count). The highest BCUT2D eigenvalue weighted by atomic mass is 16.6. The van der Waals surface area contributed by atoms with Crippen molar-refractivity contribution in [1.82, 2.24) is 36.8 Å². The summed E-state index contributed by atoms with van der Waals surface area (Å²) in [4.78, 5) is 144. The molecule has 1 aliphatic rings. The molecule has 0 radical (unpaired) electrons. The highest BCUT2D eigenvalue weighted by Crippen LogP contribution is 2.22. The molecule has 6 unspecified atom stereocenters. The van der Waals surface area contributed by atoms with E-state index in [-0.39, 0.29) is 45.1 Å². The summed E-state index contributed by atoms with van der Waals surface area (Å²) in [6, 6.07) is -7.61. The van der Waals surface area contributed by atoms with Gasteiger partial charge in [0.2, 0.25) is 41.2 Å². The minimum atomic E-state index is -1.45. The van der Waals surface area contributed by atoms with Crippen LogP contribution in [0.4, 0.5) is 0 Å². The number of carbonyl (C=O) groups is 11. The Bertz CT molecular complexity index is 1720. The molecule has 7 N–H and O–H groups in total. The smallest absolute Gasteiger partial charge is 0.322 e. The Morgan fingerprint density at radius 3 is 1.59 bits per heavy atom. The van der Waals surface area contributed by atoms with Crippen molar-refractivity contribution in [1.29, 1.82) is 0 Å². The summed E-state index contributed by atoms with van der Waals surface area (Å²) in [5.41, 5.74) is -1.67. The van der Waals surface area contributed by atoms with Gasteiger partial charge in [0.15, 0.2) is 0 Å². The number of carboxylic acid groups (broad SMARTS) is 1. The van der Waals surface area contributed by atoms with Gasteiger partial charge in [-0.2, -0.15) is 0 Å². The van der Waals surface area contributed by atoms with E-state index in [1.807, 2.05) is 5.32 Å². The lowest BCUT2D eigenvalue weighted by Gasteiger charge is -2.33. The second kappa shape index (κ2) is 25.6. The Balaban J connectivity index is 3.35. The fraction of sp³-hybridized carbons (Fsp3) is 0.744. The van der Waals surface area contributed by atoms with E-state index in [0.717, 1.165) is 0 Å². The minimum absolute atomic E-state index is 0.0637. The zero-order valence-electron chi connectivity index (χ0n) is 39.4. The van der Waals surface area contributed by atoms with Crippen LogP contribution in [0.2, 0.25) is 0 Å². The third-order valence-corrected chi connectivity index (χ3v) is 9.59. The molecular weight excluding hydrogens is 839 g/mol. The molecule has 0 bridgehead atoms. The van der Waals surface area contributed by atoms with Gasteiger partial charge >= 0.3 is 17.9 Å². The quantitative estimate of drug-likeness (QED) is 0.0514. The van der Waals surface area contributed by atoms with Crippen molar-refractivity contribution < 1.29 is 67.3 Å². The topological polar surface area (TPSA) is 302 Å². The monoisotopic (exact) mass is 910 g/mol. The van der Waals surface area contributed by atoms with E-state index in [2.05, 4.69) is 26.6 Å². The lowest BCUT2D eigenvalue weighted by molar-refractivity contribution is -0.156. The molecule has 1 heterocycles. The highest BCUT2D eigenvalue weighted by molar-refractivity contribution is 6.38. The number of hydrogen-bond donors (Lipinski definition) is 7. The number of nitrogens with zero attached hydrogens (tertiary/aromatic N) is 1. The Morgan fingerprint density at radius 1 is 0.656 bits per heavy atom. The third kappa shape index (κ3) is 20.3. The maximum atomic E-state index is 14.1. The van der Waals surface area contributed by atoms with E-state index in [0.29, 0.717) is 12.8 Å². The fourth-order valence-electron chi connectivity index (χ4n) is 6.62. The molecule has 21 nitrogen and oxygen atoms in total. The number of esters is 2. The van der Waals surface area contributed by atoms with E-state index in [1.165, 1.54) is 11.8 Å². The second-order valence-corrected chi connectivity index (χ2v) is 18.5. The van der Waals surface area contributed by atoms with Crippen LogP contribution in [0, 0.1) is 11.8 Å². The molecule has 1 fully saturated rings. The van der Waals surface area contributed by atoms with Crippen LogP contribution in [-0.4, -0.2) is 136 Å². The van der Waals surface area contributed by atoms with Crippen molar-refractivity contribution in [3.05, 3.63) is 0 Å². The number of carboxylic acids is 1. The van der Waals surface area contributed by atoms with Crippen LogP contribution in [0.5, 0.6) is 0 Å². The number of ether oxygens (including phenoxy) is 2. The number of likely N-dealkylation sites (tertiary alicyclic amines) is 1. The van der Waals surface area contributed by atoms with Gasteiger partial charge in [-0.3, -0.25) is 52.7 Å². The van der Waals surface area contributed by atoms with Gasteiger partial charge in [-0.15, -0.1) is 0 Å². The summed E-state index contributed by atoms with van der Waals surface area (Å²) in [7, 11) is 0. The van der Waals surface area contributed by atoms with Crippen LogP contribution in [-0.2, 0) is 62.2 Å². The minimum Gasteiger partial charge on any atom is -0.480 e. The van der Waals surface area contributed by atoms with Crippen molar-refractivity contribution in [3.63, 3.8) is 0 Å². The molecule has 0 saturated carbocycles. The normalized spacial score (nSPS) is 16.3. The molecule has 7 amide bonds. The van der Waals surface area contributed by atoms with Crippen LogP contribution in [0.25, 0.3) is 0 Å². The van der Waals surface area contributed by atoms with Crippen LogP contribution in [0.1, 0.15) is 134 Å². The highest BCUT2D eigenvalue weighted by Gasteiger charge is 2.41. The van der Waals surface area contributed by atoms with Crippen LogP contribution >= 0.6 is 0 Å². The summed E-state index contributed by atoms with van der Waals surface area (Å²) >= 11 is 0. The first-order valence-electron chi connectivity index (χ1n) is 21.7. The van der Waals surface area contributed by atoms with E-state index in [1.54, 1.807) is 76.2 Å². The largest absolute Gasteiger partial charge is 0.480 e. The molecule has 0 aromatic heterocycles. The average molecular weight is 910 g/mol. The number of hydrogen-bond acceptors (Lipinski definition) is 13.